The first kappa shape index (κ1) is 19.5. The minimum Gasteiger partial charge on any atom is -0.396 e. The Kier molecular flexibility index (Phi) is 7.46. The maximum Gasteiger partial charge on any atom is 0.262 e. The number of nitrogens with one attached hydrogen (secondary N) is 1. The molecule has 0 fully saturated rings. The Morgan fingerprint density at radius 3 is 2.84 bits per heavy atom. The number of aliphatic hydroxyl groups excluding tert-OH is 1. The number of fused-ring (bicyclic) bond motifs is 1. The largest absolute Gasteiger partial charge is 0.396 e. The SMILES string of the molecule is CC(C)CCNC(=O)CSc1nc2ccccc2c(=O)n1CCCO. The van der Waals surface area contributed by atoms with Crippen LogP contribution in [0.3, 0.4) is 0 Å². The molecule has 1 amide bonds. The highest BCUT2D eigenvalue weighted by Crippen LogP contribution is 2.18. The molecule has 0 unspecified atom stereocenters. The predicted octanol–water partition coefficient (Wildman–Crippen LogP) is 2.03. The van der Waals surface area contributed by atoms with Gasteiger partial charge in [-0.05, 0) is 30.9 Å². The molecule has 1 heterocycles. The monoisotopic (exact) mass is 363 g/mol. The average molecular weight is 363 g/mol. The van der Waals surface area contributed by atoms with E-state index < -0.39 is 0 Å². The predicted molar refractivity (Wildman–Crippen MR) is 101 cm³/mol. The van der Waals surface area contributed by atoms with Crippen molar-refractivity contribution < 1.29 is 9.90 Å². The zero-order chi connectivity index (χ0) is 18.2. The summed E-state index contributed by atoms with van der Waals surface area (Å²) in [6.07, 6.45) is 1.40. The Hall–Kier alpha value is -1.86. The average Bonchev–Trinajstić information content (AvgIpc) is 2.59. The molecule has 0 radical (unpaired) electrons. The number of rotatable bonds is 9. The Morgan fingerprint density at radius 1 is 1.36 bits per heavy atom. The molecule has 0 aliphatic carbocycles. The van der Waals surface area contributed by atoms with Crippen LogP contribution in [0.15, 0.2) is 34.2 Å². The molecule has 0 aliphatic heterocycles. The first-order valence-corrected chi connectivity index (χ1v) is 9.51. The van der Waals surface area contributed by atoms with Crippen LogP contribution in [0.25, 0.3) is 10.9 Å². The number of hydrogen-bond donors (Lipinski definition) is 2. The number of aliphatic hydroxyl groups is 1. The molecule has 7 heteroatoms. The van der Waals surface area contributed by atoms with E-state index >= 15 is 0 Å². The zero-order valence-electron chi connectivity index (χ0n) is 14.7. The molecule has 136 valence electrons. The van der Waals surface area contributed by atoms with E-state index in [4.69, 9.17) is 5.11 Å². The Morgan fingerprint density at radius 2 is 2.12 bits per heavy atom. The van der Waals surface area contributed by atoms with Gasteiger partial charge < -0.3 is 10.4 Å². The molecule has 1 aromatic carbocycles. The summed E-state index contributed by atoms with van der Waals surface area (Å²) in [4.78, 5) is 29.2. The van der Waals surface area contributed by atoms with Crippen molar-refractivity contribution in [2.24, 2.45) is 5.92 Å². The lowest BCUT2D eigenvalue weighted by atomic mass is 10.1. The number of carbonyl (C=O) groups excluding carboxylic acids is 1. The second kappa shape index (κ2) is 9.58. The van der Waals surface area contributed by atoms with Gasteiger partial charge in [-0.15, -0.1) is 0 Å². The minimum atomic E-state index is -0.137. The van der Waals surface area contributed by atoms with E-state index in [-0.39, 0.29) is 23.8 Å². The summed E-state index contributed by atoms with van der Waals surface area (Å²) >= 11 is 1.25. The molecule has 0 aliphatic rings. The fourth-order valence-corrected chi connectivity index (χ4v) is 3.22. The molecule has 0 bridgehead atoms. The van der Waals surface area contributed by atoms with E-state index in [1.165, 1.54) is 11.8 Å². The van der Waals surface area contributed by atoms with Gasteiger partial charge in [-0.25, -0.2) is 4.98 Å². The third kappa shape index (κ3) is 5.57. The van der Waals surface area contributed by atoms with Crippen LogP contribution in [0, 0.1) is 5.92 Å². The van der Waals surface area contributed by atoms with Gasteiger partial charge in [-0.1, -0.05) is 37.7 Å². The van der Waals surface area contributed by atoms with Crippen molar-refractivity contribution in [2.45, 2.75) is 38.4 Å². The van der Waals surface area contributed by atoms with E-state index in [1.807, 2.05) is 6.07 Å². The summed E-state index contributed by atoms with van der Waals surface area (Å²) in [7, 11) is 0. The topological polar surface area (TPSA) is 84.2 Å². The first-order chi connectivity index (χ1) is 12.0. The van der Waals surface area contributed by atoms with E-state index in [0.717, 1.165) is 6.42 Å². The van der Waals surface area contributed by atoms with E-state index in [2.05, 4.69) is 24.1 Å². The molecule has 2 aromatic rings. The molecular formula is C18H25N3O3S. The maximum absolute atomic E-state index is 12.7. The van der Waals surface area contributed by atoms with Gasteiger partial charge >= 0.3 is 0 Å². The van der Waals surface area contributed by atoms with Crippen LogP contribution in [0.1, 0.15) is 26.7 Å². The van der Waals surface area contributed by atoms with Crippen molar-refractivity contribution in [1.82, 2.24) is 14.9 Å². The third-order valence-electron chi connectivity index (χ3n) is 3.74. The molecule has 25 heavy (non-hydrogen) atoms. The highest BCUT2D eigenvalue weighted by Gasteiger charge is 2.13. The van der Waals surface area contributed by atoms with Gasteiger partial charge in [-0.3, -0.25) is 14.2 Å². The van der Waals surface area contributed by atoms with Gasteiger partial charge in [-0.2, -0.15) is 0 Å². The van der Waals surface area contributed by atoms with Crippen LogP contribution in [-0.2, 0) is 11.3 Å². The summed E-state index contributed by atoms with van der Waals surface area (Å²) in [6, 6.07) is 7.17. The van der Waals surface area contributed by atoms with Crippen LogP contribution in [0.4, 0.5) is 0 Å². The maximum atomic E-state index is 12.7. The van der Waals surface area contributed by atoms with Crippen molar-refractivity contribution >= 4 is 28.6 Å². The van der Waals surface area contributed by atoms with Crippen LogP contribution in [0.2, 0.25) is 0 Å². The lowest BCUT2D eigenvalue weighted by molar-refractivity contribution is -0.118. The lowest BCUT2D eigenvalue weighted by Crippen LogP contribution is -2.28. The van der Waals surface area contributed by atoms with Crippen molar-refractivity contribution in [3.05, 3.63) is 34.6 Å². The smallest absolute Gasteiger partial charge is 0.262 e. The Bertz CT molecular complexity index is 774. The highest BCUT2D eigenvalue weighted by molar-refractivity contribution is 7.99. The summed E-state index contributed by atoms with van der Waals surface area (Å²) in [5, 5.41) is 13.0. The first-order valence-electron chi connectivity index (χ1n) is 8.53. The quantitative estimate of drug-likeness (QED) is 0.526. The molecule has 1 aromatic heterocycles. The summed E-state index contributed by atoms with van der Waals surface area (Å²) < 4.78 is 1.55. The fraction of sp³-hybridized carbons (Fsp3) is 0.500. The van der Waals surface area contributed by atoms with Crippen LogP contribution < -0.4 is 10.9 Å². The van der Waals surface area contributed by atoms with Gasteiger partial charge in [0, 0.05) is 19.7 Å². The van der Waals surface area contributed by atoms with Gasteiger partial charge in [0.1, 0.15) is 0 Å². The van der Waals surface area contributed by atoms with Crippen LogP contribution in [0.5, 0.6) is 0 Å². The van der Waals surface area contributed by atoms with Gasteiger partial charge in [0.15, 0.2) is 5.16 Å². The van der Waals surface area contributed by atoms with Gasteiger partial charge in [0.2, 0.25) is 5.91 Å². The van der Waals surface area contributed by atoms with Crippen molar-refractivity contribution in [1.29, 1.82) is 0 Å². The number of aromatic nitrogens is 2. The summed E-state index contributed by atoms with van der Waals surface area (Å²) in [5.41, 5.74) is 0.484. The minimum absolute atomic E-state index is 0.000931. The molecule has 0 spiro atoms. The van der Waals surface area contributed by atoms with Crippen molar-refractivity contribution in [2.75, 3.05) is 18.9 Å². The Labute approximate surface area is 151 Å². The normalized spacial score (nSPS) is 11.2. The second-order valence-electron chi connectivity index (χ2n) is 6.27. The molecule has 0 saturated heterocycles. The fourth-order valence-electron chi connectivity index (χ4n) is 2.37. The number of thioether (sulfide) groups is 1. The number of hydrogen-bond acceptors (Lipinski definition) is 5. The molecule has 0 atom stereocenters. The van der Waals surface area contributed by atoms with Gasteiger partial charge in [0.25, 0.3) is 5.56 Å². The highest BCUT2D eigenvalue weighted by atomic mass is 32.2. The van der Waals surface area contributed by atoms with E-state index in [1.54, 1.807) is 22.8 Å². The van der Waals surface area contributed by atoms with Crippen molar-refractivity contribution in [3.63, 3.8) is 0 Å². The number of nitrogens with zero attached hydrogens (tertiary/aromatic N) is 2. The number of benzene rings is 1. The second-order valence-corrected chi connectivity index (χ2v) is 7.21. The van der Waals surface area contributed by atoms with E-state index in [9.17, 15) is 9.59 Å². The standard InChI is InChI=1S/C18H25N3O3S/c1-13(2)8-9-19-16(23)12-25-18-20-15-7-4-3-6-14(15)17(24)21(18)10-5-11-22/h3-4,6-7,13,22H,5,8-12H2,1-2H3,(H,19,23). The molecular weight excluding hydrogens is 338 g/mol. The Balaban J connectivity index is 2.15. The zero-order valence-corrected chi connectivity index (χ0v) is 15.5. The molecule has 2 rings (SSSR count). The summed E-state index contributed by atoms with van der Waals surface area (Å²) in [5.74, 6) is 0.683. The van der Waals surface area contributed by atoms with Crippen LogP contribution in [-0.4, -0.2) is 39.5 Å². The lowest BCUT2D eigenvalue weighted by Gasteiger charge is -2.13. The number of carbonyl (C=O) groups is 1. The van der Waals surface area contributed by atoms with E-state index in [0.29, 0.717) is 41.5 Å². The summed E-state index contributed by atoms with van der Waals surface area (Å²) in [6.45, 7) is 5.25. The molecule has 0 saturated carbocycles. The van der Waals surface area contributed by atoms with Crippen LogP contribution >= 0.6 is 11.8 Å². The van der Waals surface area contributed by atoms with Gasteiger partial charge in [0.05, 0.1) is 16.7 Å². The number of amides is 1. The third-order valence-corrected chi connectivity index (χ3v) is 4.72. The van der Waals surface area contributed by atoms with Crippen molar-refractivity contribution in [3.8, 4) is 0 Å². The number of para-hydroxylation sites is 1. The molecule has 6 nitrogen and oxygen atoms in total. The molecule has 2 N–H and O–H groups in total.